The highest BCUT2D eigenvalue weighted by molar-refractivity contribution is 5.30. The Balaban J connectivity index is 2.29. The molecule has 0 aliphatic carbocycles. The highest BCUT2D eigenvalue weighted by Gasteiger charge is 2.19. The van der Waals surface area contributed by atoms with E-state index in [0.29, 0.717) is 0 Å². The Morgan fingerprint density at radius 1 is 1.36 bits per heavy atom. The fourth-order valence-electron chi connectivity index (χ4n) is 1.94. The van der Waals surface area contributed by atoms with Crippen molar-refractivity contribution in [2.45, 2.75) is 13.0 Å². The van der Waals surface area contributed by atoms with Crippen molar-refractivity contribution in [1.29, 1.82) is 0 Å². The lowest BCUT2D eigenvalue weighted by atomic mass is 9.99. The predicted octanol–water partition coefficient (Wildman–Crippen LogP) is 1.37. The van der Waals surface area contributed by atoms with E-state index < -0.39 is 0 Å². The van der Waals surface area contributed by atoms with Gasteiger partial charge in [-0.2, -0.15) is 0 Å². The van der Waals surface area contributed by atoms with E-state index in [1.54, 1.807) is 6.07 Å². The van der Waals surface area contributed by atoms with Gasteiger partial charge in [-0.1, -0.05) is 12.1 Å². The van der Waals surface area contributed by atoms with Crippen LogP contribution < -0.4 is 10.6 Å². The van der Waals surface area contributed by atoms with Crippen molar-refractivity contribution in [1.82, 2.24) is 10.6 Å². The monoisotopic (exact) mass is 194 g/mol. The van der Waals surface area contributed by atoms with Crippen LogP contribution in [0.4, 0.5) is 4.39 Å². The summed E-state index contributed by atoms with van der Waals surface area (Å²) in [5.41, 5.74) is 1.82. The lowest BCUT2D eigenvalue weighted by molar-refractivity contribution is 0.415. The first kappa shape index (κ1) is 9.62. The molecule has 2 rings (SSSR count). The first-order valence-corrected chi connectivity index (χ1v) is 4.98. The SMILES string of the molecule is Cc1cccc(F)c1[C@H]1CNCCN1. The summed E-state index contributed by atoms with van der Waals surface area (Å²) in [6.07, 6.45) is 0. The normalized spacial score (nSPS) is 22.3. The van der Waals surface area contributed by atoms with Gasteiger partial charge >= 0.3 is 0 Å². The molecule has 14 heavy (non-hydrogen) atoms. The zero-order valence-corrected chi connectivity index (χ0v) is 8.31. The molecule has 0 bridgehead atoms. The molecule has 1 aliphatic rings. The number of hydrogen-bond donors (Lipinski definition) is 2. The summed E-state index contributed by atoms with van der Waals surface area (Å²) in [7, 11) is 0. The van der Waals surface area contributed by atoms with E-state index in [-0.39, 0.29) is 11.9 Å². The third kappa shape index (κ3) is 1.79. The van der Waals surface area contributed by atoms with Gasteiger partial charge in [0.25, 0.3) is 0 Å². The standard InChI is InChI=1S/C11H15FN2/c1-8-3-2-4-9(12)11(8)10-7-13-5-6-14-10/h2-4,10,13-14H,5-7H2,1H3/t10-/m1/s1. The van der Waals surface area contributed by atoms with E-state index in [4.69, 9.17) is 0 Å². The number of rotatable bonds is 1. The molecule has 1 saturated heterocycles. The van der Waals surface area contributed by atoms with Gasteiger partial charge in [0.2, 0.25) is 0 Å². The number of benzene rings is 1. The topological polar surface area (TPSA) is 24.1 Å². The molecule has 0 aromatic heterocycles. The summed E-state index contributed by atoms with van der Waals surface area (Å²) < 4.78 is 13.6. The maximum atomic E-state index is 13.6. The molecular weight excluding hydrogens is 179 g/mol. The molecule has 1 heterocycles. The molecule has 0 radical (unpaired) electrons. The molecule has 0 amide bonds. The van der Waals surface area contributed by atoms with Gasteiger partial charge < -0.3 is 10.6 Å². The second kappa shape index (κ2) is 4.07. The largest absolute Gasteiger partial charge is 0.314 e. The number of halogens is 1. The van der Waals surface area contributed by atoms with E-state index in [1.807, 2.05) is 13.0 Å². The Bertz CT molecular complexity index is 299. The molecule has 0 saturated carbocycles. The first-order chi connectivity index (χ1) is 6.79. The Morgan fingerprint density at radius 2 is 2.21 bits per heavy atom. The van der Waals surface area contributed by atoms with Crippen LogP contribution in [0.5, 0.6) is 0 Å². The maximum Gasteiger partial charge on any atom is 0.128 e. The average Bonchev–Trinajstić information content (AvgIpc) is 2.19. The van der Waals surface area contributed by atoms with Gasteiger partial charge in [-0.3, -0.25) is 0 Å². The Kier molecular flexibility index (Phi) is 2.79. The molecule has 1 aromatic carbocycles. The van der Waals surface area contributed by atoms with Crippen LogP contribution in [-0.4, -0.2) is 19.6 Å². The third-order valence-corrected chi connectivity index (χ3v) is 2.66. The lowest BCUT2D eigenvalue weighted by Crippen LogP contribution is -2.43. The van der Waals surface area contributed by atoms with Crippen LogP contribution in [0, 0.1) is 12.7 Å². The molecule has 1 aliphatic heterocycles. The van der Waals surface area contributed by atoms with Crippen molar-refractivity contribution in [3.05, 3.63) is 35.1 Å². The van der Waals surface area contributed by atoms with Crippen LogP contribution in [0.3, 0.4) is 0 Å². The molecule has 2 N–H and O–H groups in total. The molecule has 0 unspecified atom stereocenters. The quantitative estimate of drug-likeness (QED) is 0.705. The number of hydrogen-bond acceptors (Lipinski definition) is 2. The predicted molar refractivity (Wildman–Crippen MR) is 54.8 cm³/mol. The number of piperazine rings is 1. The van der Waals surface area contributed by atoms with Gasteiger partial charge in [0.05, 0.1) is 0 Å². The fourth-order valence-corrected chi connectivity index (χ4v) is 1.94. The minimum Gasteiger partial charge on any atom is -0.314 e. The van der Waals surface area contributed by atoms with Crippen LogP contribution in [0.15, 0.2) is 18.2 Å². The van der Waals surface area contributed by atoms with E-state index in [1.165, 1.54) is 6.07 Å². The summed E-state index contributed by atoms with van der Waals surface area (Å²) in [4.78, 5) is 0. The minimum atomic E-state index is -0.105. The van der Waals surface area contributed by atoms with Gasteiger partial charge in [-0.25, -0.2) is 4.39 Å². The van der Waals surface area contributed by atoms with Crippen molar-refractivity contribution >= 4 is 0 Å². The summed E-state index contributed by atoms with van der Waals surface area (Å²) in [5.74, 6) is -0.105. The lowest BCUT2D eigenvalue weighted by Gasteiger charge is -2.26. The molecular formula is C11H15FN2. The third-order valence-electron chi connectivity index (χ3n) is 2.66. The molecule has 2 nitrogen and oxygen atoms in total. The number of nitrogens with one attached hydrogen (secondary N) is 2. The van der Waals surface area contributed by atoms with Crippen molar-refractivity contribution in [3.8, 4) is 0 Å². The van der Waals surface area contributed by atoms with Crippen LogP contribution in [-0.2, 0) is 0 Å². The van der Waals surface area contributed by atoms with Gasteiger partial charge in [0, 0.05) is 31.2 Å². The van der Waals surface area contributed by atoms with Gasteiger partial charge in [0.15, 0.2) is 0 Å². The molecule has 3 heteroatoms. The fraction of sp³-hybridized carbons (Fsp3) is 0.455. The Morgan fingerprint density at radius 3 is 2.86 bits per heavy atom. The second-order valence-electron chi connectivity index (χ2n) is 3.68. The zero-order valence-electron chi connectivity index (χ0n) is 8.31. The van der Waals surface area contributed by atoms with Crippen molar-refractivity contribution in [3.63, 3.8) is 0 Å². The summed E-state index contributed by atoms with van der Waals surface area (Å²) in [5, 5.41) is 6.57. The van der Waals surface area contributed by atoms with Gasteiger partial charge in [0.1, 0.15) is 5.82 Å². The Hall–Kier alpha value is -0.930. The highest BCUT2D eigenvalue weighted by Crippen LogP contribution is 2.21. The summed E-state index contributed by atoms with van der Waals surface area (Å²) in [6, 6.07) is 5.35. The van der Waals surface area contributed by atoms with Crippen LogP contribution in [0.25, 0.3) is 0 Å². The van der Waals surface area contributed by atoms with Crippen LogP contribution in [0.2, 0.25) is 0 Å². The van der Waals surface area contributed by atoms with Crippen molar-refractivity contribution in [2.24, 2.45) is 0 Å². The molecule has 1 aromatic rings. The highest BCUT2D eigenvalue weighted by atomic mass is 19.1. The van der Waals surface area contributed by atoms with E-state index in [0.717, 1.165) is 30.8 Å². The number of aryl methyl sites for hydroxylation is 1. The second-order valence-corrected chi connectivity index (χ2v) is 3.68. The molecule has 1 fully saturated rings. The molecule has 0 spiro atoms. The van der Waals surface area contributed by atoms with Gasteiger partial charge in [-0.15, -0.1) is 0 Å². The molecule has 76 valence electrons. The maximum absolute atomic E-state index is 13.6. The van der Waals surface area contributed by atoms with E-state index in [9.17, 15) is 4.39 Å². The van der Waals surface area contributed by atoms with Crippen LogP contribution >= 0.6 is 0 Å². The Labute approximate surface area is 83.5 Å². The molecule has 1 atom stereocenters. The van der Waals surface area contributed by atoms with E-state index in [2.05, 4.69) is 10.6 Å². The average molecular weight is 194 g/mol. The van der Waals surface area contributed by atoms with Crippen molar-refractivity contribution in [2.75, 3.05) is 19.6 Å². The smallest absolute Gasteiger partial charge is 0.128 e. The summed E-state index contributed by atoms with van der Waals surface area (Å²) >= 11 is 0. The van der Waals surface area contributed by atoms with Crippen molar-refractivity contribution < 1.29 is 4.39 Å². The van der Waals surface area contributed by atoms with Crippen LogP contribution in [0.1, 0.15) is 17.2 Å². The summed E-state index contributed by atoms with van der Waals surface area (Å²) in [6.45, 7) is 4.62. The zero-order chi connectivity index (χ0) is 9.97. The minimum absolute atomic E-state index is 0.105. The van der Waals surface area contributed by atoms with Gasteiger partial charge in [-0.05, 0) is 18.6 Å². The first-order valence-electron chi connectivity index (χ1n) is 4.98. The van der Waals surface area contributed by atoms with E-state index >= 15 is 0 Å².